The van der Waals surface area contributed by atoms with E-state index in [2.05, 4.69) is 21.3 Å². The van der Waals surface area contributed by atoms with Crippen molar-refractivity contribution in [1.29, 1.82) is 0 Å². The molecule has 2 aliphatic heterocycles. The van der Waals surface area contributed by atoms with Crippen molar-refractivity contribution in [2.75, 3.05) is 20.7 Å². The van der Waals surface area contributed by atoms with E-state index in [9.17, 15) is 49.1 Å². The fourth-order valence-electron chi connectivity index (χ4n) is 9.66. The lowest BCUT2D eigenvalue weighted by molar-refractivity contribution is -0.385. The minimum absolute atomic E-state index is 0.0244. The van der Waals surface area contributed by atoms with Crippen LogP contribution in [-0.4, -0.2) is 145 Å². The zero-order chi connectivity index (χ0) is 55.8. The van der Waals surface area contributed by atoms with Gasteiger partial charge in [0.15, 0.2) is 5.75 Å². The summed E-state index contributed by atoms with van der Waals surface area (Å²) in [7, 11) is 2.77. The molecule has 20 nitrogen and oxygen atoms in total. The SMILES string of the molecule is C/C=C/C[C@@H]1NC(=O)[C@H](CC(C)C)N2C=C(C)C[C@@H](C2=O)N(C)C(=O)[C@H](C)NC(=O)[C@H](Cc2ccc(O)c([N+](=O)[O-])c2)NC(=O)[C@H](CC(C)C)N(C)C(=O)[C@H](Cc2cn(C(C)(C)C(F)CO)c3ccccc23)NC1=O. The van der Waals surface area contributed by atoms with Crippen LogP contribution in [0.5, 0.6) is 5.75 Å². The summed E-state index contributed by atoms with van der Waals surface area (Å²) < 4.78 is 17.2. The molecule has 3 aromatic rings. The summed E-state index contributed by atoms with van der Waals surface area (Å²) >= 11 is 0. The van der Waals surface area contributed by atoms with Crippen LogP contribution in [0.15, 0.2) is 72.6 Å². The number of nitrogens with zero attached hydrogens (tertiary/aromatic N) is 5. The number of amides is 7. The quantitative estimate of drug-likeness (QED) is 0.0754. The Bertz CT molecular complexity index is 2700. The molecular weight excluding hydrogens is 970 g/mol. The number of nitrogens with one attached hydrogen (secondary N) is 4. The highest BCUT2D eigenvalue weighted by Crippen LogP contribution is 2.33. The average Bonchev–Trinajstić information content (AvgIpc) is 3.73. The second-order valence-electron chi connectivity index (χ2n) is 21.2. The molecule has 2 aromatic carbocycles. The molecule has 1 unspecified atom stereocenters. The summed E-state index contributed by atoms with van der Waals surface area (Å²) in [4.78, 5) is 118. The number of phenolic OH excluding ortho intramolecular Hbond substituents is 1. The van der Waals surface area contributed by atoms with E-state index in [1.165, 1.54) is 36.9 Å². The molecule has 75 heavy (non-hydrogen) atoms. The number of nitro groups is 1. The summed E-state index contributed by atoms with van der Waals surface area (Å²) in [5.74, 6) is -6.29. The average molecular weight is 1040 g/mol. The largest absolute Gasteiger partial charge is 0.502 e. The van der Waals surface area contributed by atoms with Crippen LogP contribution >= 0.6 is 0 Å². The van der Waals surface area contributed by atoms with Crippen LogP contribution in [0.1, 0.15) is 99.1 Å². The van der Waals surface area contributed by atoms with Crippen molar-refractivity contribution >= 4 is 57.9 Å². The first kappa shape index (κ1) is 58.7. The van der Waals surface area contributed by atoms with Gasteiger partial charge < -0.3 is 50.7 Å². The lowest BCUT2D eigenvalue weighted by Crippen LogP contribution is -2.60. The van der Waals surface area contributed by atoms with Gasteiger partial charge in [0.2, 0.25) is 41.4 Å². The Hall–Kier alpha value is -7.16. The summed E-state index contributed by atoms with van der Waals surface area (Å²) in [5.41, 5.74) is -0.0991. The van der Waals surface area contributed by atoms with E-state index >= 15 is 9.18 Å². The Morgan fingerprint density at radius 2 is 1.41 bits per heavy atom. The number of allylic oxidation sites excluding steroid dienone is 1. The second-order valence-corrected chi connectivity index (χ2v) is 21.2. The van der Waals surface area contributed by atoms with E-state index in [-0.39, 0.29) is 55.9 Å². The van der Waals surface area contributed by atoms with Gasteiger partial charge in [-0.25, -0.2) is 4.39 Å². The summed E-state index contributed by atoms with van der Waals surface area (Å²) in [6, 6.07) is 1.22. The van der Waals surface area contributed by atoms with Crippen molar-refractivity contribution in [2.45, 2.75) is 155 Å². The molecule has 1 aromatic heterocycles. The number of halogens is 1. The predicted molar refractivity (Wildman–Crippen MR) is 279 cm³/mol. The normalized spacial score (nSPS) is 23.8. The fraction of sp³-hybridized carbons (Fsp3) is 0.537. The Morgan fingerprint density at radius 3 is 2.04 bits per heavy atom. The third kappa shape index (κ3) is 13.8. The van der Waals surface area contributed by atoms with Gasteiger partial charge in [0, 0.05) is 56.3 Å². The number of rotatable bonds is 14. The highest BCUT2D eigenvalue weighted by atomic mass is 19.1. The number of aromatic hydroxyl groups is 1. The van der Waals surface area contributed by atoms with Crippen molar-refractivity contribution in [3.8, 4) is 5.75 Å². The van der Waals surface area contributed by atoms with Gasteiger partial charge in [-0.2, -0.15) is 0 Å². The zero-order valence-electron chi connectivity index (χ0n) is 44.8. The number of hydrogen-bond donors (Lipinski definition) is 6. The molecule has 7 amide bonds. The Morgan fingerprint density at radius 1 is 0.813 bits per heavy atom. The van der Waals surface area contributed by atoms with Crippen LogP contribution in [0.25, 0.3) is 10.9 Å². The zero-order valence-corrected chi connectivity index (χ0v) is 44.8. The van der Waals surface area contributed by atoms with E-state index in [1.807, 2.05) is 27.7 Å². The van der Waals surface area contributed by atoms with E-state index < -0.39 is 118 Å². The van der Waals surface area contributed by atoms with Crippen LogP contribution < -0.4 is 21.3 Å². The monoisotopic (exact) mass is 1040 g/mol. The van der Waals surface area contributed by atoms with Gasteiger partial charge in [-0.15, -0.1) is 0 Å². The van der Waals surface area contributed by atoms with Gasteiger partial charge in [0.05, 0.1) is 17.1 Å². The molecule has 0 spiro atoms. The van der Waals surface area contributed by atoms with Gasteiger partial charge >= 0.3 is 5.69 Å². The number of carbonyl (C=O) groups is 7. The number of para-hydroxylation sites is 1. The van der Waals surface area contributed by atoms with Gasteiger partial charge in [-0.3, -0.25) is 43.7 Å². The lowest BCUT2D eigenvalue weighted by Gasteiger charge is -2.39. The number of fused-ring (bicyclic) bond motifs is 3. The van der Waals surface area contributed by atoms with E-state index in [0.717, 1.165) is 17.0 Å². The third-order valence-corrected chi connectivity index (χ3v) is 14.0. The minimum Gasteiger partial charge on any atom is -0.502 e. The first-order valence-electron chi connectivity index (χ1n) is 25.4. The first-order chi connectivity index (χ1) is 35.2. The van der Waals surface area contributed by atoms with Gasteiger partial charge in [0.1, 0.15) is 48.5 Å². The molecule has 1 fully saturated rings. The number of alkyl halides is 1. The number of aliphatic hydroxyl groups is 1. The molecule has 0 saturated carbocycles. The Labute approximate surface area is 437 Å². The number of aliphatic hydroxyl groups excluding tert-OH is 1. The fourth-order valence-corrected chi connectivity index (χ4v) is 9.66. The predicted octanol–water partition coefficient (Wildman–Crippen LogP) is 4.30. The third-order valence-electron chi connectivity index (χ3n) is 14.0. The first-order valence-corrected chi connectivity index (χ1v) is 25.4. The summed E-state index contributed by atoms with van der Waals surface area (Å²) in [6.45, 7) is 14.7. The number of aromatic nitrogens is 1. The van der Waals surface area contributed by atoms with E-state index in [4.69, 9.17) is 0 Å². The maximum atomic E-state index is 15.5. The molecule has 6 N–H and O–H groups in total. The van der Waals surface area contributed by atoms with Crippen molar-refractivity contribution < 1.29 is 53.1 Å². The summed E-state index contributed by atoms with van der Waals surface area (Å²) in [6.07, 6.45) is 4.44. The molecule has 2 bridgehead atoms. The maximum absolute atomic E-state index is 15.5. The number of carbonyl (C=O) groups excluding carboxylic acids is 7. The molecule has 21 heteroatoms. The molecule has 0 radical (unpaired) electrons. The van der Waals surface area contributed by atoms with Crippen LogP contribution in [0, 0.1) is 22.0 Å². The number of hydrogen-bond acceptors (Lipinski definition) is 11. The topological polar surface area (TPSA) is 266 Å². The van der Waals surface area contributed by atoms with Crippen LogP contribution in [0.4, 0.5) is 10.1 Å². The number of likely N-dealkylation sites (N-methyl/N-ethyl adjacent to an activating group) is 2. The standard InChI is InChI=1S/C54H74FN9O11/c1-12-13-17-37-47(67)59-39(26-35-28-63(54(8,9)46(55)29-65)40-18-15-14-16-36(35)40)52(72)60(10)42(21-30(2)3)49(69)58-38(24-34-19-20-45(66)41(25-34)64(74)75)48(68)56-33(7)51(71)61(11)44-23-32(6)27-62(53(44)73)43(22-31(4)5)50(70)57-37/h12-16,18-20,25,27-28,30-31,33,37-39,42-44,46,65-66H,17,21-24,26,29H2,1-11H3,(H,56,68)(H,57,70)(H,58,69)(H,59,67)/b13-12+/t33-,37-,38-,39-,42-,43-,44-,46?/m0/s1. The minimum atomic E-state index is -1.71. The second kappa shape index (κ2) is 24.9. The van der Waals surface area contributed by atoms with Crippen molar-refractivity contribution in [3.63, 3.8) is 0 Å². The van der Waals surface area contributed by atoms with Crippen LogP contribution in [0.2, 0.25) is 0 Å². The molecule has 3 heterocycles. The van der Waals surface area contributed by atoms with Crippen molar-refractivity contribution in [2.24, 2.45) is 11.8 Å². The molecule has 1 saturated heterocycles. The molecule has 0 aliphatic carbocycles. The van der Waals surface area contributed by atoms with Crippen molar-refractivity contribution in [3.05, 3.63) is 93.8 Å². The number of phenols is 1. The molecule has 8 atom stereocenters. The summed E-state index contributed by atoms with van der Waals surface area (Å²) in [5, 5.41) is 43.7. The molecule has 2 aliphatic rings. The number of nitro benzene ring substituents is 1. The molecule has 5 rings (SSSR count). The highest BCUT2D eigenvalue weighted by Gasteiger charge is 2.43. The van der Waals surface area contributed by atoms with E-state index in [1.54, 1.807) is 81.1 Å². The lowest BCUT2D eigenvalue weighted by atomic mass is 9.95. The van der Waals surface area contributed by atoms with Crippen LogP contribution in [0.3, 0.4) is 0 Å². The smallest absolute Gasteiger partial charge is 0.310 e. The van der Waals surface area contributed by atoms with Gasteiger partial charge in [0.25, 0.3) is 0 Å². The van der Waals surface area contributed by atoms with Crippen molar-refractivity contribution in [1.82, 2.24) is 40.5 Å². The van der Waals surface area contributed by atoms with Crippen LogP contribution in [-0.2, 0) is 51.9 Å². The molecule has 408 valence electrons. The maximum Gasteiger partial charge on any atom is 0.310 e. The van der Waals surface area contributed by atoms with Gasteiger partial charge in [-0.05, 0) is 95.4 Å². The number of benzene rings is 2. The van der Waals surface area contributed by atoms with Gasteiger partial charge in [-0.1, -0.05) is 69.7 Å². The van der Waals surface area contributed by atoms with E-state index in [0.29, 0.717) is 22.0 Å². The molecular formula is C54H74FN9O11. The Kier molecular flexibility index (Phi) is 19.5. The highest BCUT2D eigenvalue weighted by molar-refractivity contribution is 5.99. The Balaban J connectivity index is 1.72.